The lowest BCUT2D eigenvalue weighted by molar-refractivity contribution is -0.166. The molecule has 0 amide bonds. The Kier molecular flexibility index (Phi) is 4.13. The number of carboxylic acid groups (broad SMARTS) is 1. The summed E-state index contributed by atoms with van der Waals surface area (Å²) in [7, 11) is 2.38. The van der Waals surface area contributed by atoms with Crippen LogP contribution in [-0.2, 0) is 19.1 Å². The van der Waals surface area contributed by atoms with E-state index in [1.165, 1.54) is 7.11 Å². The molecule has 1 atom stereocenters. The third-order valence-corrected chi connectivity index (χ3v) is 1.64. The van der Waals surface area contributed by atoms with Crippen LogP contribution in [0.4, 0.5) is 0 Å². The third kappa shape index (κ3) is 2.55. The lowest BCUT2D eigenvalue weighted by Crippen LogP contribution is -2.41. The highest BCUT2D eigenvalue weighted by atomic mass is 16.6. The summed E-state index contributed by atoms with van der Waals surface area (Å²) in [5.74, 6) is -1.93. The molecule has 0 saturated carbocycles. The molecule has 0 aliphatic heterocycles. The highest BCUT2D eigenvalue weighted by Crippen LogP contribution is 2.18. The summed E-state index contributed by atoms with van der Waals surface area (Å²) >= 11 is 0. The molecule has 74 valence electrons. The molecule has 0 rings (SSSR count). The molecule has 13 heavy (non-hydrogen) atoms. The van der Waals surface area contributed by atoms with Crippen molar-refractivity contribution in [3.05, 3.63) is 12.7 Å². The number of esters is 1. The van der Waals surface area contributed by atoms with Gasteiger partial charge in [-0.1, -0.05) is 6.58 Å². The first-order chi connectivity index (χ1) is 6.02. The van der Waals surface area contributed by atoms with Crippen molar-refractivity contribution in [2.24, 2.45) is 0 Å². The molecule has 5 nitrogen and oxygen atoms in total. The molecule has 0 saturated heterocycles. The molecule has 0 fully saturated rings. The van der Waals surface area contributed by atoms with Crippen LogP contribution in [0.1, 0.15) is 6.42 Å². The van der Waals surface area contributed by atoms with Gasteiger partial charge in [0, 0.05) is 7.11 Å². The van der Waals surface area contributed by atoms with Gasteiger partial charge in [0.15, 0.2) is 5.60 Å². The maximum absolute atomic E-state index is 11.1. The summed E-state index contributed by atoms with van der Waals surface area (Å²) in [5.41, 5.74) is -1.58. The number of carbonyl (C=O) groups is 2. The van der Waals surface area contributed by atoms with Crippen molar-refractivity contribution in [1.29, 1.82) is 0 Å². The highest BCUT2D eigenvalue weighted by Gasteiger charge is 2.39. The van der Waals surface area contributed by atoms with Crippen LogP contribution in [0.15, 0.2) is 12.7 Å². The van der Waals surface area contributed by atoms with Crippen molar-refractivity contribution in [2.75, 3.05) is 14.2 Å². The van der Waals surface area contributed by atoms with E-state index in [1.54, 1.807) is 0 Å². The SMILES string of the molecule is C=CC(CC(=O)O)(OC)C(=O)OC. The van der Waals surface area contributed by atoms with E-state index >= 15 is 0 Å². The Morgan fingerprint density at radius 1 is 1.54 bits per heavy atom. The van der Waals surface area contributed by atoms with E-state index in [9.17, 15) is 9.59 Å². The number of hydrogen-bond donors (Lipinski definition) is 1. The summed E-state index contributed by atoms with van der Waals surface area (Å²) in [6.45, 7) is 3.34. The Morgan fingerprint density at radius 2 is 2.08 bits per heavy atom. The number of rotatable bonds is 5. The monoisotopic (exact) mass is 188 g/mol. The fraction of sp³-hybridized carbons (Fsp3) is 0.500. The van der Waals surface area contributed by atoms with E-state index in [0.29, 0.717) is 0 Å². The molecule has 0 aromatic heterocycles. The zero-order chi connectivity index (χ0) is 10.5. The number of aliphatic carboxylic acids is 1. The minimum Gasteiger partial charge on any atom is -0.481 e. The first-order valence-electron chi connectivity index (χ1n) is 3.51. The molecular weight excluding hydrogens is 176 g/mol. The van der Waals surface area contributed by atoms with Crippen molar-refractivity contribution < 1.29 is 24.2 Å². The topological polar surface area (TPSA) is 72.8 Å². The van der Waals surface area contributed by atoms with E-state index in [2.05, 4.69) is 11.3 Å². The predicted molar refractivity (Wildman–Crippen MR) is 44.2 cm³/mol. The molecule has 0 radical (unpaired) electrons. The van der Waals surface area contributed by atoms with Gasteiger partial charge in [-0.2, -0.15) is 0 Å². The van der Waals surface area contributed by atoms with Gasteiger partial charge in [-0.3, -0.25) is 4.79 Å². The van der Waals surface area contributed by atoms with E-state index in [4.69, 9.17) is 9.84 Å². The second-order valence-electron chi connectivity index (χ2n) is 2.36. The molecular formula is C8H12O5. The van der Waals surface area contributed by atoms with Crippen LogP contribution in [-0.4, -0.2) is 36.9 Å². The molecule has 0 spiro atoms. The molecule has 0 aliphatic rings. The van der Waals surface area contributed by atoms with Gasteiger partial charge >= 0.3 is 11.9 Å². The molecule has 0 aromatic rings. The third-order valence-electron chi connectivity index (χ3n) is 1.64. The average Bonchev–Trinajstić information content (AvgIpc) is 2.12. The second-order valence-corrected chi connectivity index (χ2v) is 2.36. The smallest absolute Gasteiger partial charge is 0.342 e. The van der Waals surface area contributed by atoms with Gasteiger partial charge in [-0.05, 0) is 6.08 Å². The van der Waals surface area contributed by atoms with Crippen molar-refractivity contribution in [1.82, 2.24) is 0 Å². The number of carboxylic acids is 1. The van der Waals surface area contributed by atoms with E-state index < -0.39 is 24.0 Å². The quantitative estimate of drug-likeness (QED) is 0.493. The van der Waals surface area contributed by atoms with E-state index in [0.717, 1.165) is 13.2 Å². The van der Waals surface area contributed by atoms with Crippen LogP contribution >= 0.6 is 0 Å². The lowest BCUT2D eigenvalue weighted by atomic mass is 10.00. The second kappa shape index (κ2) is 4.61. The lowest BCUT2D eigenvalue weighted by Gasteiger charge is -2.23. The van der Waals surface area contributed by atoms with Crippen LogP contribution < -0.4 is 0 Å². The molecule has 0 bridgehead atoms. The largest absolute Gasteiger partial charge is 0.481 e. The van der Waals surface area contributed by atoms with Gasteiger partial charge < -0.3 is 14.6 Å². The number of hydrogen-bond acceptors (Lipinski definition) is 4. The van der Waals surface area contributed by atoms with Gasteiger partial charge in [0.25, 0.3) is 0 Å². The highest BCUT2D eigenvalue weighted by molar-refractivity contribution is 5.87. The normalized spacial score (nSPS) is 14.3. The maximum atomic E-state index is 11.1. The zero-order valence-electron chi connectivity index (χ0n) is 7.57. The van der Waals surface area contributed by atoms with Crippen LogP contribution in [0.25, 0.3) is 0 Å². The molecule has 0 aromatic carbocycles. The zero-order valence-corrected chi connectivity index (χ0v) is 7.57. The Hall–Kier alpha value is -1.36. The minimum absolute atomic E-state index is 0.500. The Bertz CT molecular complexity index is 223. The van der Waals surface area contributed by atoms with E-state index in [-0.39, 0.29) is 0 Å². The summed E-state index contributed by atoms with van der Waals surface area (Å²) in [6.07, 6.45) is 0.618. The van der Waals surface area contributed by atoms with Crippen molar-refractivity contribution in [3.8, 4) is 0 Å². The summed E-state index contributed by atoms with van der Waals surface area (Å²) in [6, 6.07) is 0. The number of methoxy groups -OCH3 is 2. The Balaban J connectivity index is 4.79. The van der Waals surface area contributed by atoms with Gasteiger partial charge in [-0.15, -0.1) is 0 Å². The van der Waals surface area contributed by atoms with Crippen LogP contribution in [0, 0.1) is 0 Å². The first kappa shape index (κ1) is 11.6. The summed E-state index contributed by atoms with van der Waals surface area (Å²) < 4.78 is 9.18. The van der Waals surface area contributed by atoms with E-state index in [1.807, 2.05) is 0 Å². The molecule has 5 heteroatoms. The molecule has 0 aliphatic carbocycles. The molecule has 1 unspecified atom stereocenters. The summed E-state index contributed by atoms with van der Waals surface area (Å²) in [4.78, 5) is 21.6. The van der Waals surface area contributed by atoms with Crippen molar-refractivity contribution in [2.45, 2.75) is 12.0 Å². The van der Waals surface area contributed by atoms with Crippen LogP contribution in [0.2, 0.25) is 0 Å². The number of ether oxygens (including phenoxy) is 2. The van der Waals surface area contributed by atoms with Crippen LogP contribution in [0.3, 0.4) is 0 Å². The average molecular weight is 188 g/mol. The molecule has 1 N–H and O–H groups in total. The standard InChI is InChI=1S/C8H12O5/c1-4-8(13-3,5-6(9)10)7(11)12-2/h4H,1,5H2,2-3H3,(H,9,10). The predicted octanol–water partition coefficient (Wildman–Crippen LogP) is 0.205. The van der Waals surface area contributed by atoms with Gasteiger partial charge in [0.1, 0.15) is 0 Å². The Labute approximate surface area is 75.9 Å². The fourth-order valence-corrected chi connectivity index (χ4v) is 0.864. The number of carbonyl (C=O) groups excluding carboxylic acids is 1. The van der Waals surface area contributed by atoms with Gasteiger partial charge in [0.05, 0.1) is 13.5 Å². The minimum atomic E-state index is -1.58. The Morgan fingerprint density at radius 3 is 2.31 bits per heavy atom. The summed E-state index contributed by atoms with van der Waals surface area (Å²) in [5, 5.41) is 8.52. The fourth-order valence-electron chi connectivity index (χ4n) is 0.864. The van der Waals surface area contributed by atoms with Crippen molar-refractivity contribution in [3.63, 3.8) is 0 Å². The van der Waals surface area contributed by atoms with Gasteiger partial charge in [-0.25, -0.2) is 4.79 Å². The van der Waals surface area contributed by atoms with Crippen LogP contribution in [0.5, 0.6) is 0 Å². The maximum Gasteiger partial charge on any atom is 0.342 e. The molecule has 0 heterocycles. The first-order valence-corrected chi connectivity index (χ1v) is 3.51. The van der Waals surface area contributed by atoms with Crippen molar-refractivity contribution >= 4 is 11.9 Å². The van der Waals surface area contributed by atoms with Gasteiger partial charge in [0.2, 0.25) is 0 Å².